The van der Waals surface area contributed by atoms with Crippen molar-refractivity contribution >= 4 is 17.8 Å². The molecule has 0 fully saturated rings. The zero-order chi connectivity index (χ0) is 21.4. The van der Waals surface area contributed by atoms with Crippen LogP contribution in [0.25, 0.3) is 11.1 Å². The van der Waals surface area contributed by atoms with E-state index in [1.54, 1.807) is 13.8 Å². The Kier molecular flexibility index (Phi) is 7.95. The molecule has 0 aliphatic carbocycles. The summed E-state index contributed by atoms with van der Waals surface area (Å²) >= 11 is 0. The number of benzene rings is 2. The fourth-order valence-corrected chi connectivity index (χ4v) is 3.27. The molecule has 0 saturated carbocycles. The van der Waals surface area contributed by atoms with Crippen molar-refractivity contribution in [3.63, 3.8) is 0 Å². The van der Waals surface area contributed by atoms with Crippen LogP contribution in [0.1, 0.15) is 32.3 Å². The summed E-state index contributed by atoms with van der Waals surface area (Å²) in [5, 5.41) is 21.0. The Hall–Kier alpha value is -3.15. The molecule has 0 saturated heterocycles. The Morgan fingerprint density at radius 1 is 0.897 bits per heavy atom. The van der Waals surface area contributed by atoms with Gasteiger partial charge < -0.3 is 15.5 Å². The Morgan fingerprint density at radius 2 is 1.48 bits per heavy atom. The fourth-order valence-electron chi connectivity index (χ4n) is 3.27. The van der Waals surface area contributed by atoms with Crippen molar-refractivity contribution in [1.29, 1.82) is 0 Å². The van der Waals surface area contributed by atoms with Gasteiger partial charge in [-0.25, -0.2) is 0 Å². The quantitative estimate of drug-likeness (QED) is 0.568. The van der Waals surface area contributed by atoms with E-state index in [0.717, 1.165) is 16.7 Å². The maximum absolute atomic E-state index is 12.6. The first-order valence-electron chi connectivity index (χ1n) is 9.65. The number of aliphatic carboxylic acids is 2. The molecule has 0 aliphatic rings. The molecular formula is C23H27NO5. The van der Waals surface area contributed by atoms with E-state index in [4.69, 9.17) is 5.11 Å². The molecule has 1 unspecified atom stereocenters. The topological polar surface area (TPSA) is 104 Å². The van der Waals surface area contributed by atoms with Crippen LogP contribution < -0.4 is 5.32 Å². The monoisotopic (exact) mass is 397 g/mol. The molecule has 0 heterocycles. The maximum Gasteiger partial charge on any atom is 0.306 e. The summed E-state index contributed by atoms with van der Waals surface area (Å²) in [6.07, 6.45) is 0.300. The van der Waals surface area contributed by atoms with E-state index in [-0.39, 0.29) is 24.8 Å². The largest absolute Gasteiger partial charge is 0.481 e. The summed E-state index contributed by atoms with van der Waals surface area (Å²) in [5.41, 5.74) is 3.00. The Bertz CT molecular complexity index is 832. The minimum atomic E-state index is -1.04. The lowest BCUT2D eigenvalue weighted by Gasteiger charge is -2.20. The zero-order valence-electron chi connectivity index (χ0n) is 16.7. The molecule has 0 aliphatic heterocycles. The molecule has 0 aromatic heterocycles. The first-order valence-corrected chi connectivity index (χ1v) is 9.65. The van der Waals surface area contributed by atoms with Gasteiger partial charge in [-0.3, -0.25) is 14.4 Å². The van der Waals surface area contributed by atoms with Gasteiger partial charge in [0.25, 0.3) is 0 Å². The van der Waals surface area contributed by atoms with Crippen LogP contribution in [-0.4, -0.2) is 34.1 Å². The van der Waals surface area contributed by atoms with Crippen LogP contribution in [0.5, 0.6) is 0 Å². The molecule has 2 aromatic carbocycles. The zero-order valence-corrected chi connectivity index (χ0v) is 16.7. The Labute approximate surface area is 170 Å². The normalized spacial score (nSPS) is 13.9. The van der Waals surface area contributed by atoms with Crippen molar-refractivity contribution in [1.82, 2.24) is 5.32 Å². The molecular weight excluding hydrogens is 370 g/mol. The predicted octanol–water partition coefficient (Wildman–Crippen LogP) is 3.60. The van der Waals surface area contributed by atoms with E-state index in [2.05, 4.69) is 5.32 Å². The van der Waals surface area contributed by atoms with Crippen molar-refractivity contribution in [2.75, 3.05) is 0 Å². The van der Waals surface area contributed by atoms with Gasteiger partial charge in [-0.05, 0) is 36.5 Å². The number of carbonyl (C=O) groups is 3. The summed E-state index contributed by atoms with van der Waals surface area (Å²) in [5.74, 6) is -3.65. The molecule has 154 valence electrons. The summed E-state index contributed by atoms with van der Waals surface area (Å²) in [6.45, 7) is 3.30. The Morgan fingerprint density at radius 3 is 2.03 bits per heavy atom. The number of carboxylic acid groups (broad SMARTS) is 2. The molecule has 6 heteroatoms. The highest BCUT2D eigenvalue weighted by Crippen LogP contribution is 2.21. The van der Waals surface area contributed by atoms with Crippen molar-refractivity contribution in [2.24, 2.45) is 11.8 Å². The first-order chi connectivity index (χ1) is 13.8. The summed E-state index contributed by atoms with van der Waals surface area (Å²) in [6, 6.07) is 17.3. The average Bonchev–Trinajstić information content (AvgIpc) is 2.68. The van der Waals surface area contributed by atoms with E-state index in [9.17, 15) is 19.5 Å². The third-order valence-corrected chi connectivity index (χ3v) is 4.85. The number of carboxylic acids is 2. The van der Waals surface area contributed by atoms with E-state index in [1.165, 1.54) is 0 Å². The first kappa shape index (κ1) is 22.1. The van der Waals surface area contributed by atoms with Crippen molar-refractivity contribution in [3.8, 4) is 11.1 Å². The second kappa shape index (κ2) is 10.4. The van der Waals surface area contributed by atoms with Crippen LogP contribution in [0.15, 0.2) is 54.6 Å². The van der Waals surface area contributed by atoms with Crippen LogP contribution >= 0.6 is 0 Å². The van der Waals surface area contributed by atoms with Gasteiger partial charge in [0, 0.05) is 6.04 Å². The van der Waals surface area contributed by atoms with Crippen LogP contribution in [0, 0.1) is 11.8 Å². The molecule has 1 amide bonds. The Balaban J connectivity index is 2.05. The number of hydrogen-bond donors (Lipinski definition) is 3. The lowest BCUT2D eigenvalue weighted by atomic mass is 9.93. The van der Waals surface area contributed by atoms with E-state index in [1.807, 2.05) is 54.6 Å². The average molecular weight is 397 g/mol. The van der Waals surface area contributed by atoms with E-state index >= 15 is 0 Å². The maximum atomic E-state index is 12.6. The number of hydrogen-bond acceptors (Lipinski definition) is 3. The minimum Gasteiger partial charge on any atom is -0.481 e. The summed E-state index contributed by atoms with van der Waals surface area (Å²) < 4.78 is 0. The molecule has 6 nitrogen and oxygen atoms in total. The summed E-state index contributed by atoms with van der Waals surface area (Å²) in [4.78, 5) is 34.8. The number of rotatable bonds is 10. The highest BCUT2D eigenvalue weighted by Gasteiger charge is 2.24. The molecule has 0 bridgehead atoms. The SMILES string of the molecule is CC(C[C@@H](C)NC(=O)[C@@H](CC(=O)O)Cc1ccc(-c2ccccc2)cc1)C(=O)O. The van der Waals surface area contributed by atoms with Gasteiger partial charge >= 0.3 is 11.9 Å². The molecule has 0 spiro atoms. The van der Waals surface area contributed by atoms with Crippen molar-refractivity contribution < 1.29 is 24.6 Å². The van der Waals surface area contributed by atoms with Gasteiger partial charge in [0.2, 0.25) is 5.91 Å². The molecule has 2 aromatic rings. The molecule has 3 atom stereocenters. The van der Waals surface area contributed by atoms with Gasteiger partial charge in [0.15, 0.2) is 0 Å². The van der Waals surface area contributed by atoms with Gasteiger partial charge in [0.1, 0.15) is 0 Å². The van der Waals surface area contributed by atoms with Gasteiger partial charge in [-0.1, -0.05) is 61.5 Å². The smallest absolute Gasteiger partial charge is 0.306 e. The highest BCUT2D eigenvalue weighted by atomic mass is 16.4. The van der Waals surface area contributed by atoms with Crippen LogP contribution in [0.3, 0.4) is 0 Å². The van der Waals surface area contributed by atoms with Crippen LogP contribution in [0.4, 0.5) is 0 Å². The summed E-state index contributed by atoms with van der Waals surface area (Å²) in [7, 11) is 0. The van der Waals surface area contributed by atoms with Crippen molar-refractivity contribution in [3.05, 3.63) is 60.2 Å². The fraction of sp³-hybridized carbons (Fsp3) is 0.348. The van der Waals surface area contributed by atoms with Crippen molar-refractivity contribution in [2.45, 2.75) is 39.2 Å². The molecule has 3 N–H and O–H groups in total. The van der Waals surface area contributed by atoms with E-state index < -0.39 is 23.8 Å². The third-order valence-electron chi connectivity index (χ3n) is 4.85. The molecule has 29 heavy (non-hydrogen) atoms. The second-order valence-electron chi connectivity index (χ2n) is 7.45. The second-order valence-corrected chi connectivity index (χ2v) is 7.45. The third kappa shape index (κ3) is 7.07. The standard InChI is InChI=1S/C23H27NO5/c1-15(23(28)29)12-16(2)24-22(27)20(14-21(25)26)13-17-8-10-19(11-9-17)18-6-4-3-5-7-18/h3-11,15-16,20H,12-14H2,1-2H3,(H,24,27)(H,25,26)(H,28,29)/t15?,16-,20-/m1/s1. The van der Waals surface area contributed by atoms with Crippen LogP contribution in [-0.2, 0) is 20.8 Å². The van der Waals surface area contributed by atoms with E-state index in [0.29, 0.717) is 6.42 Å². The molecule has 0 radical (unpaired) electrons. The van der Waals surface area contributed by atoms with Crippen LogP contribution in [0.2, 0.25) is 0 Å². The highest BCUT2D eigenvalue weighted by molar-refractivity contribution is 5.83. The molecule has 2 rings (SSSR count). The minimum absolute atomic E-state index is 0.284. The van der Waals surface area contributed by atoms with Gasteiger partial charge in [-0.2, -0.15) is 0 Å². The lowest BCUT2D eigenvalue weighted by molar-refractivity contribution is -0.142. The van der Waals surface area contributed by atoms with Gasteiger partial charge in [0.05, 0.1) is 18.3 Å². The lowest BCUT2D eigenvalue weighted by Crippen LogP contribution is -2.40. The number of amides is 1. The number of nitrogens with one attached hydrogen (secondary N) is 1. The van der Waals surface area contributed by atoms with Gasteiger partial charge in [-0.15, -0.1) is 0 Å². The number of carbonyl (C=O) groups excluding carboxylic acids is 1. The predicted molar refractivity (Wildman–Crippen MR) is 110 cm³/mol.